The standard InChI is InChI=1S/C19H19N3O3/c1-3-14-4-6-16(7-5-14)24-12-17-13(2)25-22-18(17)19(23)21-15-8-10-20-11-9-15/h4-11H,3,12H2,1-2H3,(H,20,21,23). The first kappa shape index (κ1) is 16.7. The Labute approximate surface area is 145 Å². The molecule has 6 nitrogen and oxygen atoms in total. The lowest BCUT2D eigenvalue weighted by Gasteiger charge is -2.08. The molecular weight excluding hydrogens is 318 g/mol. The van der Waals surface area contributed by atoms with E-state index in [1.165, 1.54) is 5.56 Å². The van der Waals surface area contributed by atoms with Crippen LogP contribution >= 0.6 is 0 Å². The summed E-state index contributed by atoms with van der Waals surface area (Å²) < 4.78 is 11.0. The number of ether oxygens (including phenoxy) is 1. The molecule has 0 saturated heterocycles. The van der Waals surface area contributed by atoms with Gasteiger partial charge in [0.15, 0.2) is 5.69 Å². The molecule has 0 fully saturated rings. The summed E-state index contributed by atoms with van der Waals surface area (Å²) in [6.45, 7) is 4.07. The van der Waals surface area contributed by atoms with Gasteiger partial charge in [0.2, 0.25) is 0 Å². The molecule has 2 aromatic heterocycles. The maximum atomic E-state index is 12.4. The van der Waals surface area contributed by atoms with Crippen molar-refractivity contribution in [2.75, 3.05) is 5.32 Å². The summed E-state index contributed by atoms with van der Waals surface area (Å²) >= 11 is 0. The van der Waals surface area contributed by atoms with Gasteiger partial charge in [0, 0.05) is 18.1 Å². The summed E-state index contributed by atoms with van der Waals surface area (Å²) in [7, 11) is 0. The van der Waals surface area contributed by atoms with Gasteiger partial charge in [-0.15, -0.1) is 0 Å². The van der Waals surface area contributed by atoms with Crippen LogP contribution < -0.4 is 10.1 Å². The van der Waals surface area contributed by atoms with Crippen molar-refractivity contribution < 1.29 is 14.1 Å². The van der Waals surface area contributed by atoms with Gasteiger partial charge in [-0.2, -0.15) is 0 Å². The average molecular weight is 337 g/mol. The number of benzene rings is 1. The monoisotopic (exact) mass is 337 g/mol. The molecule has 0 aliphatic heterocycles. The third kappa shape index (κ3) is 4.03. The number of nitrogens with one attached hydrogen (secondary N) is 1. The molecule has 0 atom stereocenters. The first-order valence-electron chi connectivity index (χ1n) is 8.05. The summed E-state index contributed by atoms with van der Waals surface area (Å²) in [5, 5.41) is 6.64. The lowest BCUT2D eigenvalue weighted by atomic mass is 10.1. The Kier molecular flexibility index (Phi) is 5.09. The molecular formula is C19H19N3O3. The summed E-state index contributed by atoms with van der Waals surface area (Å²) in [6, 6.07) is 11.3. The second kappa shape index (κ2) is 7.61. The van der Waals surface area contributed by atoms with E-state index in [4.69, 9.17) is 9.26 Å². The van der Waals surface area contributed by atoms with E-state index in [1.807, 2.05) is 24.3 Å². The molecule has 25 heavy (non-hydrogen) atoms. The summed E-state index contributed by atoms with van der Waals surface area (Å²) in [5.74, 6) is 0.950. The van der Waals surface area contributed by atoms with Crippen LogP contribution in [-0.4, -0.2) is 16.0 Å². The number of rotatable bonds is 6. The molecule has 1 amide bonds. The summed E-state index contributed by atoms with van der Waals surface area (Å²) in [5.41, 5.74) is 2.74. The molecule has 0 aliphatic rings. The van der Waals surface area contributed by atoms with Gasteiger partial charge < -0.3 is 14.6 Å². The topological polar surface area (TPSA) is 77.2 Å². The molecule has 0 spiro atoms. The van der Waals surface area contributed by atoms with Crippen LogP contribution in [0.15, 0.2) is 53.3 Å². The number of hydrogen-bond acceptors (Lipinski definition) is 5. The van der Waals surface area contributed by atoms with Crippen molar-refractivity contribution in [2.24, 2.45) is 0 Å². The SMILES string of the molecule is CCc1ccc(OCc2c(C(=O)Nc3ccncc3)noc2C)cc1. The molecule has 0 bridgehead atoms. The Bertz CT molecular complexity index is 842. The number of amides is 1. The fourth-order valence-corrected chi connectivity index (χ4v) is 2.34. The Morgan fingerprint density at radius 1 is 1.16 bits per heavy atom. The van der Waals surface area contributed by atoms with Crippen LogP contribution in [0.3, 0.4) is 0 Å². The lowest BCUT2D eigenvalue weighted by molar-refractivity contribution is 0.101. The van der Waals surface area contributed by atoms with E-state index in [0.717, 1.165) is 12.2 Å². The van der Waals surface area contributed by atoms with Crippen LogP contribution in [0.25, 0.3) is 0 Å². The first-order valence-corrected chi connectivity index (χ1v) is 8.05. The predicted octanol–water partition coefficient (Wildman–Crippen LogP) is 3.77. The van der Waals surface area contributed by atoms with E-state index < -0.39 is 0 Å². The number of aromatic nitrogens is 2. The zero-order valence-corrected chi connectivity index (χ0v) is 14.2. The maximum absolute atomic E-state index is 12.4. The second-order valence-corrected chi connectivity index (χ2v) is 5.54. The smallest absolute Gasteiger partial charge is 0.278 e. The van der Waals surface area contributed by atoms with E-state index in [9.17, 15) is 4.79 Å². The quantitative estimate of drug-likeness (QED) is 0.741. The van der Waals surface area contributed by atoms with E-state index in [2.05, 4.69) is 22.4 Å². The largest absolute Gasteiger partial charge is 0.489 e. The maximum Gasteiger partial charge on any atom is 0.278 e. The third-order valence-electron chi connectivity index (χ3n) is 3.85. The van der Waals surface area contributed by atoms with Crippen molar-refractivity contribution in [1.29, 1.82) is 0 Å². The number of hydrogen-bond donors (Lipinski definition) is 1. The zero-order chi connectivity index (χ0) is 17.6. The molecule has 0 radical (unpaired) electrons. The normalized spacial score (nSPS) is 10.5. The van der Waals surface area contributed by atoms with Crippen molar-refractivity contribution in [3.05, 3.63) is 71.4 Å². The Hall–Kier alpha value is -3.15. The highest BCUT2D eigenvalue weighted by molar-refractivity contribution is 6.03. The zero-order valence-electron chi connectivity index (χ0n) is 14.2. The highest BCUT2D eigenvalue weighted by Crippen LogP contribution is 2.19. The van der Waals surface area contributed by atoms with Crippen molar-refractivity contribution in [1.82, 2.24) is 10.1 Å². The van der Waals surface area contributed by atoms with E-state index >= 15 is 0 Å². The Balaban J connectivity index is 1.71. The molecule has 6 heteroatoms. The minimum atomic E-state index is -0.344. The molecule has 2 heterocycles. The van der Waals surface area contributed by atoms with Crippen LogP contribution in [0, 0.1) is 6.92 Å². The minimum Gasteiger partial charge on any atom is -0.489 e. The summed E-state index contributed by atoms with van der Waals surface area (Å²) in [4.78, 5) is 16.4. The lowest BCUT2D eigenvalue weighted by Crippen LogP contribution is -2.15. The Morgan fingerprint density at radius 3 is 2.56 bits per heavy atom. The van der Waals surface area contributed by atoms with Gasteiger partial charge >= 0.3 is 0 Å². The molecule has 1 N–H and O–H groups in total. The minimum absolute atomic E-state index is 0.208. The van der Waals surface area contributed by atoms with Crippen LogP contribution in [0.5, 0.6) is 5.75 Å². The van der Waals surface area contributed by atoms with Gasteiger partial charge in [0.05, 0.1) is 5.56 Å². The van der Waals surface area contributed by atoms with Crippen molar-refractivity contribution in [3.63, 3.8) is 0 Å². The second-order valence-electron chi connectivity index (χ2n) is 5.54. The van der Waals surface area contributed by atoms with Crippen LogP contribution in [0.1, 0.15) is 34.3 Å². The Morgan fingerprint density at radius 2 is 1.88 bits per heavy atom. The fourth-order valence-electron chi connectivity index (χ4n) is 2.34. The predicted molar refractivity (Wildman–Crippen MR) is 93.6 cm³/mol. The van der Waals surface area contributed by atoms with Crippen LogP contribution in [-0.2, 0) is 13.0 Å². The van der Waals surface area contributed by atoms with Gasteiger partial charge in [0.25, 0.3) is 5.91 Å². The van der Waals surface area contributed by atoms with Gasteiger partial charge in [0.1, 0.15) is 18.1 Å². The van der Waals surface area contributed by atoms with Crippen LogP contribution in [0.4, 0.5) is 5.69 Å². The highest BCUT2D eigenvalue weighted by Gasteiger charge is 2.20. The van der Waals surface area contributed by atoms with Crippen molar-refractivity contribution in [2.45, 2.75) is 26.9 Å². The number of nitrogens with zero attached hydrogens (tertiary/aromatic N) is 2. The molecule has 3 aromatic rings. The number of anilines is 1. The van der Waals surface area contributed by atoms with Crippen molar-refractivity contribution >= 4 is 11.6 Å². The molecule has 0 saturated carbocycles. The fraction of sp³-hybridized carbons (Fsp3) is 0.211. The van der Waals surface area contributed by atoms with Crippen molar-refractivity contribution in [3.8, 4) is 5.75 Å². The molecule has 3 rings (SSSR count). The van der Waals surface area contributed by atoms with E-state index in [0.29, 0.717) is 17.0 Å². The molecule has 0 aliphatic carbocycles. The summed E-state index contributed by atoms with van der Waals surface area (Å²) in [6.07, 6.45) is 4.19. The van der Waals surface area contributed by atoms with E-state index in [-0.39, 0.29) is 18.2 Å². The molecule has 0 unspecified atom stereocenters. The van der Waals surface area contributed by atoms with Gasteiger partial charge in [-0.25, -0.2) is 0 Å². The van der Waals surface area contributed by atoms with Gasteiger partial charge in [-0.3, -0.25) is 9.78 Å². The van der Waals surface area contributed by atoms with Gasteiger partial charge in [-0.1, -0.05) is 24.2 Å². The van der Waals surface area contributed by atoms with Crippen LogP contribution in [0.2, 0.25) is 0 Å². The number of carbonyl (C=O) groups excluding carboxylic acids is 1. The average Bonchev–Trinajstić information content (AvgIpc) is 3.02. The number of aryl methyl sites for hydroxylation is 2. The molecule has 1 aromatic carbocycles. The number of carbonyl (C=O) groups is 1. The highest BCUT2D eigenvalue weighted by atomic mass is 16.5. The third-order valence-corrected chi connectivity index (χ3v) is 3.85. The van der Waals surface area contributed by atoms with Gasteiger partial charge in [-0.05, 0) is 43.2 Å². The van der Waals surface area contributed by atoms with E-state index in [1.54, 1.807) is 31.5 Å². The first-order chi connectivity index (χ1) is 12.2. The number of pyridine rings is 1. The molecule has 128 valence electrons.